The number of carboxylic acids is 1. The van der Waals surface area contributed by atoms with Gasteiger partial charge in [0.05, 0.1) is 11.6 Å². The average molecular weight is 184 g/mol. The van der Waals surface area contributed by atoms with Gasteiger partial charge in [-0.2, -0.15) is 5.10 Å². The number of hydrogen-bond acceptors (Lipinski definition) is 3. The first-order chi connectivity index (χ1) is 5.95. The average Bonchev–Trinajstić information content (AvgIpc) is 2.26. The fourth-order valence-corrected chi connectivity index (χ4v) is 1.27. The van der Waals surface area contributed by atoms with Crippen LogP contribution in [0, 0.1) is 6.92 Å². The summed E-state index contributed by atoms with van der Waals surface area (Å²) in [5.41, 5.74) is 0.788. The van der Waals surface area contributed by atoms with Crippen molar-refractivity contribution < 1.29 is 15.0 Å². The lowest BCUT2D eigenvalue weighted by molar-refractivity contribution is -0.138. The number of carboxylic acid groups (broad SMARTS) is 1. The Hall–Kier alpha value is -1.52. The summed E-state index contributed by atoms with van der Waals surface area (Å²) >= 11 is 0. The van der Waals surface area contributed by atoms with Crippen LogP contribution in [-0.2, 0) is 11.8 Å². The van der Waals surface area contributed by atoms with Gasteiger partial charge in [0.1, 0.15) is 5.69 Å². The topological polar surface area (TPSA) is 75.4 Å². The molecular weight excluding hydrogens is 172 g/mol. The largest absolute Gasteiger partial charge is 0.504 e. The fourth-order valence-electron chi connectivity index (χ4n) is 1.27. The SMILES string of the molecule is Cc1nn(C)c(C(C)C(=O)O)c1O. The molecule has 2 N–H and O–H groups in total. The zero-order valence-electron chi connectivity index (χ0n) is 7.77. The molecule has 5 heteroatoms. The molecule has 1 aromatic rings. The third kappa shape index (κ3) is 1.49. The summed E-state index contributed by atoms with van der Waals surface area (Å²) in [7, 11) is 1.61. The van der Waals surface area contributed by atoms with E-state index in [2.05, 4.69) is 5.10 Å². The minimum atomic E-state index is -0.974. The Kier molecular flexibility index (Phi) is 2.27. The lowest BCUT2D eigenvalue weighted by Gasteiger charge is -2.06. The second kappa shape index (κ2) is 3.08. The molecule has 1 unspecified atom stereocenters. The van der Waals surface area contributed by atoms with Gasteiger partial charge in [-0.25, -0.2) is 0 Å². The van der Waals surface area contributed by atoms with Gasteiger partial charge in [-0.05, 0) is 13.8 Å². The third-order valence-electron chi connectivity index (χ3n) is 2.01. The molecule has 0 fully saturated rings. The molecule has 1 aromatic heterocycles. The third-order valence-corrected chi connectivity index (χ3v) is 2.01. The summed E-state index contributed by atoms with van der Waals surface area (Å²) < 4.78 is 1.39. The normalized spacial score (nSPS) is 12.8. The molecule has 0 bridgehead atoms. The van der Waals surface area contributed by atoms with Crippen molar-refractivity contribution in [2.75, 3.05) is 0 Å². The Balaban J connectivity index is 3.20. The molecule has 0 spiro atoms. The number of aliphatic carboxylic acids is 1. The minimum Gasteiger partial charge on any atom is -0.504 e. The van der Waals surface area contributed by atoms with E-state index in [1.165, 1.54) is 11.6 Å². The van der Waals surface area contributed by atoms with Crippen molar-refractivity contribution >= 4 is 5.97 Å². The molecule has 1 heterocycles. The summed E-state index contributed by atoms with van der Waals surface area (Å²) in [6.45, 7) is 3.14. The van der Waals surface area contributed by atoms with Crippen LogP contribution in [0.15, 0.2) is 0 Å². The maximum Gasteiger partial charge on any atom is 0.312 e. The van der Waals surface area contributed by atoms with Crippen molar-refractivity contribution in [3.8, 4) is 5.75 Å². The number of hydrogen-bond donors (Lipinski definition) is 2. The molecule has 0 amide bonds. The first-order valence-corrected chi connectivity index (χ1v) is 3.90. The van der Waals surface area contributed by atoms with E-state index in [-0.39, 0.29) is 5.75 Å². The summed E-state index contributed by atoms with van der Waals surface area (Å²) in [4.78, 5) is 10.7. The number of nitrogens with zero attached hydrogens (tertiary/aromatic N) is 2. The predicted octanol–water partition coefficient (Wildman–Crippen LogP) is 0.622. The number of aromatic hydroxyl groups is 1. The first kappa shape index (κ1) is 9.57. The van der Waals surface area contributed by atoms with Crippen molar-refractivity contribution in [1.82, 2.24) is 9.78 Å². The monoisotopic (exact) mass is 184 g/mol. The molecule has 1 atom stereocenters. The van der Waals surface area contributed by atoms with Crippen LogP contribution in [0.2, 0.25) is 0 Å². The minimum absolute atomic E-state index is 0.0302. The van der Waals surface area contributed by atoms with Gasteiger partial charge in [0.2, 0.25) is 0 Å². The van der Waals surface area contributed by atoms with Crippen molar-refractivity contribution in [3.05, 3.63) is 11.4 Å². The van der Waals surface area contributed by atoms with Gasteiger partial charge in [0, 0.05) is 7.05 Å². The lowest BCUT2D eigenvalue weighted by Crippen LogP contribution is -2.12. The van der Waals surface area contributed by atoms with Crippen molar-refractivity contribution in [3.63, 3.8) is 0 Å². The van der Waals surface area contributed by atoms with Gasteiger partial charge in [0.25, 0.3) is 0 Å². The van der Waals surface area contributed by atoms with E-state index < -0.39 is 11.9 Å². The first-order valence-electron chi connectivity index (χ1n) is 3.90. The van der Waals surface area contributed by atoms with E-state index in [1.807, 2.05) is 0 Å². The Morgan fingerprint density at radius 2 is 2.15 bits per heavy atom. The van der Waals surface area contributed by atoms with Gasteiger partial charge >= 0.3 is 5.97 Å². The van der Waals surface area contributed by atoms with Crippen LogP contribution in [0.25, 0.3) is 0 Å². The van der Waals surface area contributed by atoms with Crippen LogP contribution < -0.4 is 0 Å². The molecule has 5 nitrogen and oxygen atoms in total. The highest BCUT2D eigenvalue weighted by Crippen LogP contribution is 2.27. The number of carbonyl (C=O) groups is 1. The van der Waals surface area contributed by atoms with Crippen LogP contribution in [0.5, 0.6) is 5.75 Å². The van der Waals surface area contributed by atoms with Gasteiger partial charge < -0.3 is 10.2 Å². The molecule has 0 saturated carbocycles. The van der Waals surface area contributed by atoms with E-state index >= 15 is 0 Å². The molecular formula is C8H12N2O3. The van der Waals surface area contributed by atoms with Crippen molar-refractivity contribution in [1.29, 1.82) is 0 Å². The molecule has 1 rings (SSSR count). The zero-order chi connectivity index (χ0) is 10.2. The van der Waals surface area contributed by atoms with Gasteiger partial charge in [-0.15, -0.1) is 0 Å². The second-order valence-corrected chi connectivity index (χ2v) is 3.00. The van der Waals surface area contributed by atoms with E-state index in [1.54, 1.807) is 14.0 Å². The molecule has 0 aliphatic rings. The molecule has 0 aliphatic heterocycles. The smallest absolute Gasteiger partial charge is 0.312 e. The standard InChI is InChI=1S/C8H12N2O3/c1-4(8(12)13)6-7(11)5(2)9-10(6)3/h4,11H,1-3H3,(H,12,13). The molecule has 13 heavy (non-hydrogen) atoms. The lowest BCUT2D eigenvalue weighted by atomic mass is 10.1. The van der Waals surface area contributed by atoms with Crippen LogP contribution in [0.4, 0.5) is 0 Å². The highest BCUT2D eigenvalue weighted by atomic mass is 16.4. The summed E-state index contributed by atoms with van der Waals surface area (Å²) in [6.07, 6.45) is 0. The summed E-state index contributed by atoms with van der Waals surface area (Å²) in [6, 6.07) is 0. The summed E-state index contributed by atoms with van der Waals surface area (Å²) in [5.74, 6) is -1.75. The van der Waals surface area contributed by atoms with Gasteiger partial charge in [0.15, 0.2) is 5.75 Å². The van der Waals surface area contributed by atoms with E-state index in [9.17, 15) is 9.90 Å². The van der Waals surface area contributed by atoms with E-state index in [0.717, 1.165) is 0 Å². The maximum absolute atomic E-state index is 10.7. The Morgan fingerprint density at radius 3 is 2.46 bits per heavy atom. The summed E-state index contributed by atoms with van der Waals surface area (Å²) in [5, 5.41) is 22.1. The molecule has 72 valence electrons. The number of aromatic nitrogens is 2. The van der Waals surface area contributed by atoms with Crippen LogP contribution in [0.3, 0.4) is 0 Å². The zero-order valence-corrected chi connectivity index (χ0v) is 7.77. The maximum atomic E-state index is 10.7. The highest BCUT2D eigenvalue weighted by Gasteiger charge is 2.23. The Bertz CT molecular complexity index is 343. The van der Waals surface area contributed by atoms with Gasteiger partial charge in [-0.3, -0.25) is 9.48 Å². The van der Waals surface area contributed by atoms with Crippen LogP contribution >= 0.6 is 0 Å². The molecule has 0 aromatic carbocycles. The van der Waals surface area contributed by atoms with Crippen LogP contribution in [0.1, 0.15) is 24.2 Å². The molecule has 0 aliphatic carbocycles. The predicted molar refractivity (Wildman–Crippen MR) is 45.7 cm³/mol. The van der Waals surface area contributed by atoms with E-state index in [0.29, 0.717) is 11.4 Å². The quantitative estimate of drug-likeness (QED) is 0.706. The number of aryl methyl sites for hydroxylation is 2. The van der Waals surface area contributed by atoms with E-state index in [4.69, 9.17) is 5.11 Å². The van der Waals surface area contributed by atoms with Crippen molar-refractivity contribution in [2.24, 2.45) is 7.05 Å². The Morgan fingerprint density at radius 1 is 1.62 bits per heavy atom. The second-order valence-electron chi connectivity index (χ2n) is 3.00. The fraction of sp³-hybridized carbons (Fsp3) is 0.500. The van der Waals surface area contributed by atoms with Gasteiger partial charge in [-0.1, -0.05) is 0 Å². The molecule has 0 radical (unpaired) electrons. The molecule has 0 saturated heterocycles. The highest BCUT2D eigenvalue weighted by molar-refractivity contribution is 5.76. The number of rotatable bonds is 2. The Labute approximate surface area is 75.6 Å². The van der Waals surface area contributed by atoms with Crippen molar-refractivity contribution in [2.45, 2.75) is 19.8 Å². The van der Waals surface area contributed by atoms with Crippen LogP contribution in [-0.4, -0.2) is 26.0 Å².